The molecule has 0 unspecified atom stereocenters. The number of amides is 2. The molecule has 138 valence electrons. The van der Waals surface area contributed by atoms with Gasteiger partial charge in [0.15, 0.2) is 0 Å². The average Bonchev–Trinajstić information content (AvgIpc) is 2.55. The molecule has 0 aliphatic heterocycles. The number of rotatable bonds is 5. The van der Waals surface area contributed by atoms with Crippen molar-refractivity contribution in [3.05, 3.63) is 64.7 Å². The third-order valence-electron chi connectivity index (χ3n) is 3.38. The predicted octanol–water partition coefficient (Wildman–Crippen LogP) is 4.66. The van der Waals surface area contributed by atoms with Crippen LogP contribution >= 0.6 is 11.6 Å². The van der Waals surface area contributed by atoms with E-state index >= 15 is 0 Å². The summed E-state index contributed by atoms with van der Waals surface area (Å²) in [5.74, 6) is -0.202. The number of hydrogen-bond acceptors (Lipinski definition) is 3. The Morgan fingerprint density at radius 3 is 2.42 bits per heavy atom. The van der Waals surface area contributed by atoms with Crippen LogP contribution in [0.5, 0.6) is 0 Å². The molecular weight excluding hydrogens is 352 g/mol. The summed E-state index contributed by atoms with van der Waals surface area (Å²) in [6.07, 6.45) is 0.150. The minimum Gasteiger partial charge on any atom is -0.444 e. The zero-order valence-corrected chi connectivity index (χ0v) is 15.9. The molecule has 0 fully saturated rings. The SMILES string of the molecule is CC(C)(C)OC(=O)Nc1cccc(C(=O)NCCc2ccc(Cl)cc2)c1. The molecule has 0 atom stereocenters. The van der Waals surface area contributed by atoms with Crippen LogP contribution in [0.15, 0.2) is 48.5 Å². The van der Waals surface area contributed by atoms with Crippen molar-refractivity contribution in [1.82, 2.24) is 5.32 Å². The van der Waals surface area contributed by atoms with E-state index in [4.69, 9.17) is 16.3 Å². The highest BCUT2D eigenvalue weighted by molar-refractivity contribution is 6.30. The Labute approximate surface area is 158 Å². The summed E-state index contributed by atoms with van der Waals surface area (Å²) in [6.45, 7) is 5.87. The van der Waals surface area contributed by atoms with Crippen LogP contribution in [-0.2, 0) is 11.2 Å². The molecule has 0 aromatic heterocycles. The second kappa shape index (κ2) is 8.72. The fourth-order valence-corrected chi connectivity index (χ4v) is 2.36. The Kier molecular flexibility index (Phi) is 6.64. The number of carbonyl (C=O) groups excluding carboxylic acids is 2. The Morgan fingerprint density at radius 2 is 1.77 bits per heavy atom. The van der Waals surface area contributed by atoms with Crippen LogP contribution in [-0.4, -0.2) is 24.1 Å². The summed E-state index contributed by atoms with van der Waals surface area (Å²) in [5, 5.41) is 6.18. The third-order valence-corrected chi connectivity index (χ3v) is 3.63. The highest BCUT2D eigenvalue weighted by Crippen LogP contribution is 2.14. The van der Waals surface area contributed by atoms with E-state index in [1.165, 1.54) is 0 Å². The van der Waals surface area contributed by atoms with Crippen molar-refractivity contribution in [3.8, 4) is 0 Å². The quantitative estimate of drug-likeness (QED) is 0.799. The highest BCUT2D eigenvalue weighted by atomic mass is 35.5. The van der Waals surface area contributed by atoms with E-state index in [2.05, 4.69) is 10.6 Å². The molecule has 2 aromatic rings. The first-order valence-electron chi connectivity index (χ1n) is 8.36. The van der Waals surface area contributed by atoms with E-state index in [0.717, 1.165) is 5.56 Å². The monoisotopic (exact) mass is 374 g/mol. The van der Waals surface area contributed by atoms with E-state index in [1.807, 2.05) is 24.3 Å². The molecule has 0 spiro atoms. The predicted molar refractivity (Wildman–Crippen MR) is 104 cm³/mol. The van der Waals surface area contributed by atoms with Crippen molar-refractivity contribution < 1.29 is 14.3 Å². The molecule has 0 heterocycles. The molecule has 26 heavy (non-hydrogen) atoms. The molecule has 0 radical (unpaired) electrons. The highest BCUT2D eigenvalue weighted by Gasteiger charge is 2.16. The maximum atomic E-state index is 12.3. The maximum absolute atomic E-state index is 12.3. The molecule has 0 aliphatic carbocycles. The van der Waals surface area contributed by atoms with Gasteiger partial charge in [0.1, 0.15) is 5.60 Å². The first-order chi connectivity index (χ1) is 12.2. The van der Waals surface area contributed by atoms with Gasteiger partial charge >= 0.3 is 6.09 Å². The Bertz CT molecular complexity index is 767. The Hall–Kier alpha value is -2.53. The third kappa shape index (κ3) is 6.76. The zero-order chi connectivity index (χ0) is 19.2. The van der Waals surface area contributed by atoms with E-state index in [0.29, 0.717) is 29.2 Å². The number of anilines is 1. The minimum absolute atomic E-state index is 0.202. The molecule has 2 aromatic carbocycles. The molecular formula is C20H23ClN2O3. The van der Waals surface area contributed by atoms with Crippen LogP contribution in [0.4, 0.5) is 10.5 Å². The molecule has 2 N–H and O–H groups in total. The number of nitrogens with one attached hydrogen (secondary N) is 2. The summed E-state index contributed by atoms with van der Waals surface area (Å²) in [6, 6.07) is 14.2. The van der Waals surface area contributed by atoms with Crippen LogP contribution in [0.3, 0.4) is 0 Å². The number of benzene rings is 2. The summed E-state index contributed by atoms with van der Waals surface area (Å²) in [4.78, 5) is 24.1. The van der Waals surface area contributed by atoms with Crippen LogP contribution in [0.1, 0.15) is 36.7 Å². The van der Waals surface area contributed by atoms with Crippen molar-refractivity contribution in [2.24, 2.45) is 0 Å². The second-order valence-electron chi connectivity index (χ2n) is 6.84. The standard InChI is InChI=1S/C20H23ClN2O3/c1-20(2,3)26-19(25)23-17-6-4-5-15(13-17)18(24)22-12-11-14-7-9-16(21)10-8-14/h4-10,13H,11-12H2,1-3H3,(H,22,24)(H,23,25). The van der Waals surface area contributed by atoms with E-state index in [9.17, 15) is 9.59 Å². The van der Waals surface area contributed by atoms with Crippen molar-refractivity contribution in [2.75, 3.05) is 11.9 Å². The van der Waals surface area contributed by atoms with Gasteiger partial charge in [0.05, 0.1) is 0 Å². The van der Waals surface area contributed by atoms with E-state index in [-0.39, 0.29) is 5.91 Å². The smallest absolute Gasteiger partial charge is 0.412 e. The lowest BCUT2D eigenvalue weighted by Crippen LogP contribution is -2.28. The number of ether oxygens (including phenoxy) is 1. The molecule has 0 bridgehead atoms. The zero-order valence-electron chi connectivity index (χ0n) is 15.1. The van der Waals surface area contributed by atoms with Gasteiger partial charge in [-0.05, 0) is 63.1 Å². The number of hydrogen-bond donors (Lipinski definition) is 2. The molecule has 5 nitrogen and oxygen atoms in total. The van der Waals surface area contributed by atoms with Gasteiger partial charge in [-0.3, -0.25) is 10.1 Å². The van der Waals surface area contributed by atoms with Gasteiger partial charge in [0, 0.05) is 22.8 Å². The lowest BCUT2D eigenvalue weighted by Gasteiger charge is -2.19. The van der Waals surface area contributed by atoms with Crippen molar-refractivity contribution in [1.29, 1.82) is 0 Å². The van der Waals surface area contributed by atoms with Crippen molar-refractivity contribution in [3.63, 3.8) is 0 Å². The van der Waals surface area contributed by atoms with Crippen LogP contribution in [0, 0.1) is 0 Å². The molecule has 0 saturated carbocycles. The first-order valence-corrected chi connectivity index (χ1v) is 8.73. The van der Waals surface area contributed by atoms with E-state index < -0.39 is 11.7 Å². The minimum atomic E-state index is -0.583. The molecule has 0 saturated heterocycles. The van der Waals surface area contributed by atoms with Crippen molar-refractivity contribution in [2.45, 2.75) is 32.8 Å². The summed E-state index contributed by atoms with van der Waals surface area (Å²) >= 11 is 5.85. The van der Waals surface area contributed by atoms with Gasteiger partial charge in [-0.15, -0.1) is 0 Å². The van der Waals surface area contributed by atoms with E-state index in [1.54, 1.807) is 45.0 Å². The summed E-state index contributed by atoms with van der Waals surface area (Å²) in [5.41, 5.74) is 1.48. The van der Waals surface area contributed by atoms with Gasteiger partial charge in [0.2, 0.25) is 0 Å². The number of halogens is 1. The van der Waals surface area contributed by atoms with Crippen LogP contribution in [0.2, 0.25) is 5.02 Å². The normalized spacial score (nSPS) is 10.9. The lowest BCUT2D eigenvalue weighted by molar-refractivity contribution is 0.0635. The van der Waals surface area contributed by atoms with Gasteiger partial charge in [0.25, 0.3) is 5.91 Å². The fraction of sp³-hybridized carbons (Fsp3) is 0.300. The average molecular weight is 375 g/mol. The molecule has 0 aliphatic rings. The Balaban J connectivity index is 1.88. The van der Waals surface area contributed by atoms with Crippen LogP contribution < -0.4 is 10.6 Å². The maximum Gasteiger partial charge on any atom is 0.412 e. The summed E-state index contributed by atoms with van der Waals surface area (Å²) in [7, 11) is 0. The van der Waals surface area contributed by atoms with Gasteiger partial charge in [-0.1, -0.05) is 29.8 Å². The van der Waals surface area contributed by atoms with Crippen molar-refractivity contribution >= 4 is 29.3 Å². The topological polar surface area (TPSA) is 67.4 Å². The fourth-order valence-electron chi connectivity index (χ4n) is 2.23. The largest absolute Gasteiger partial charge is 0.444 e. The first kappa shape index (κ1) is 19.8. The second-order valence-corrected chi connectivity index (χ2v) is 7.28. The van der Waals surface area contributed by atoms with Gasteiger partial charge < -0.3 is 10.1 Å². The molecule has 2 amide bonds. The number of carbonyl (C=O) groups is 2. The lowest BCUT2D eigenvalue weighted by atomic mass is 10.1. The molecule has 2 rings (SSSR count). The van der Waals surface area contributed by atoms with Crippen LogP contribution in [0.25, 0.3) is 0 Å². The van der Waals surface area contributed by atoms with Gasteiger partial charge in [-0.25, -0.2) is 4.79 Å². The summed E-state index contributed by atoms with van der Waals surface area (Å²) < 4.78 is 5.20. The molecule has 6 heteroatoms. The Morgan fingerprint density at radius 1 is 1.08 bits per heavy atom. The van der Waals surface area contributed by atoms with Gasteiger partial charge in [-0.2, -0.15) is 0 Å².